The van der Waals surface area contributed by atoms with Gasteiger partial charge in [0.05, 0.1) is 0 Å². The zero-order chi connectivity index (χ0) is 12.1. The van der Waals surface area contributed by atoms with Crippen molar-refractivity contribution >= 4 is 0 Å². The van der Waals surface area contributed by atoms with Gasteiger partial charge in [-0.2, -0.15) is 0 Å². The van der Waals surface area contributed by atoms with Crippen LogP contribution < -0.4 is 0 Å². The molecule has 0 aromatic heterocycles. The largest absolute Gasteiger partial charge is 0.0956 e. The minimum absolute atomic E-state index is 0.626. The van der Waals surface area contributed by atoms with Crippen LogP contribution in [0.15, 0.2) is 36.5 Å². The molecular formula is C15H28. The number of hydrogen-bond acceptors (Lipinski definition) is 0. The summed E-state index contributed by atoms with van der Waals surface area (Å²) in [6.45, 7) is 14.6. The molecule has 0 heterocycles. The van der Waals surface area contributed by atoms with Crippen LogP contribution in [0.3, 0.4) is 0 Å². The lowest BCUT2D eigenvalue weighted by molar-refractivity contribution is 0.582. The molecular weight excluding hydrogens is 180 g/mol. The van der Waals surface area contributed by atoms with E-state index in [4.69, 9.17) is 0 Å². The van der Waals surface area contributed by atoms with Gasteiger partial charge in [-0.15, -0.1) is 0 Å². The molecule has 0 heteroatoms. The molecule has 0 amide bonds. The van der Waals surface area contributed by atoms with Crippen molar-refractivity contribution in [1.82, 2.24) is 0 Å². The van der Waals surface area contributed by atoms with Crippen molar-refractivity contribution in [3.63, 3.8) is 0 Å². The van der Waals surface area contributed by atoms with Crippen molar-refractivity contribution in [3.8, 4) is 0 Å². The van der Waals surface area contributed by atoms with Gasteiger partial charge in [-0.1, -0.05) is 77.0 Å². The number of allylic oxidation sites excluding steroid dienone is 5. The van der Waals surface area contributed by atoms with Crippen LogP contribution in [0.4, 0.5) is 0 Å². The Labute approximate surface area is 96.8 Å². The van der Waals surface area contributed by atoms with Gasteiger partial charge in [-0.05, 0) is 19.3 Å². The maximum atomic E-state index is 4.06. The monoisotopic (exact) mass is 208 g/mol. The summed E-state index contributed by atoms with van der Waals surface area (Å²) in [5.41, 5.74) is 1.24. The highest BCUT2D eigenvalue weighted by atomic mass is 14.1. The summed E-state index contributed by atoms with van der Waals surface area (Å²) in [7, 11) is 0. The van der Waals surface area contributed by atoms with Crippen molar-refractivity contribution in [1.29, 1.82) is 0 Å². The lowest BCUT2D eigenvalue weighted by Gasteiger charge is -2.09. The molecule has 15 heavy (non-hydrogen) atoms. The fourth-order valence-electron chi connectivity index (χ4n) is 1.15. The van der Waals surface area contributed by atoms with Crippen LogP contribution in [-0.2, 0) is 0 Å². The van der Waals surface area contributed by atoms with Crippen LogP contribution in [0.1, 0.15) is 53.9 Å². The number of unbranched alkanes of at least 4 members (excludes halogenated alkanes) is 1. The Hall–Kier alpha value is -0.780. The van der Waals surface area contributed by atoms with E-state index in [1.54, 1.807) is 0 Å². The van der Waals surface area contributed by atoms with Crippen LogP contribution >= 0.6 is 0 Å². The van der Waals surface area contributed by atoms with Gasteiger partial charge in [0.2, 0.25) is 0 Å². The molecule has 0 spiro atoms. The van der Waals surface area contributed by atoms with Crippen molar-refractivity contribution in [2.45, 2.75) is 53.9 Å². The molecule has 0 aliphatic heterocycles. The summed E-state index contributed by atoms with van der Waals surface area (Å²) in [5, 5.41) is 0. The molecule has 1 atom stereocenters. The van der Waals surface area contributed by atoms with Crippen LogP contribution in [-0.4, -0.2) is 0 Å². The molecule has 0 aromatic rings. The lowest BCUT2D eigenvalue weighted by Crippen LogP contribution is -1.95. The van der Waals surface area contributed by atoms with E-state index in [0.717, 1.165) is 0 Å². The Bertz CT molecular complexity index is 184. The molecule has 0 radical (unpaired) electrons. The SMILES string of the molecule is C=C(/C=C\C=C/C)C(C)CCCC.CC. The van der Waals surface area contributed by atoms with E-state index in [1.165, 1.54) is 24.8 Å². The highest BCUT2D eigenvalue weighted by Crippen LogP contribution is 2.16. The number of rotatable bonds is 6. The molecule has 0 rings (SSSR count). The average Bonchev–Trinajstić information content (AvgIpc) is 2.28. The summed E-state index contributed by atoms with van der Waals surface area (Å²) in [6, 6.07) is 0. The highest BCUT2D eigenvalue weighted by Gasteiger charge is 2.01. The maximum Gasteiger partial charge on any atom is -0.0196 e. The minimum atomic E-state index is 0.626. The van der Waals surface area contributed by atoms with E-state index in [0.29, 0.717) is 5.92 Å². The van der Waals surface area contributed by atoms with Crippen molar-refractivity contribution in [3.05, 3.63) is 36.5 Å². The average molecular weight is 208 g/mol. The van der Waals surface area contributed by atoms with Gasteiger partial charge in [0, 0.05) is 0 Å². The lowest BCUT2D eigenvalue weighted by atomic mass is 9.96. The molecule has 0 aliphatic rings. The molecule has 0 nitrogen and oxygen atoms in total. The van der Waals surface area contributed by atoms with Gasteiger partial charge in [-0.3, -0.25) is 0 Å². The first-order valence-corrected chi connectivity index (χ1v) is 6.20. The van der Waals surface area contributed by atoms with Crippen LogP contribution in [0.5, 0.6) is 0 Å². The van der Waals surface area contributed by atoms with E-state index in [-0.39, 0.29) is 0 Å². The van der Waals surface area contributed by atoms with Gasteiger partial charge in [0.15, 0.2) is 0 Å². The molecule has 1 unspecified atom stereocenters. The Morgan fingerprint density at radius 1 is 1.27 bits per heavy atom. The molecule has 0 aromatic carbocycles. The Kier molecular flexibility index (Phi) is 14.7. The van der Waals surface area contributed by atoms with Gasteiger partial charge in [0.25, 0.3) is 0 Å². The molecule has 0 N–H and O–H groups in total. The number of hydrogen-bond donors (Lipinski definition) is 0. The first-order valence-electron chi connectivity index (χ1n) is 6.20. The standard InChI is InChI=1S/C13H22.C2H6/c1-5-7-9-11-13(4)12(3)10-8-6-2;1-2/h5,7,9,11-12H,4,6,8,10H2,1-3H3;1-2H3/b7-5-,11-9-;. The normalized spacial score (nSPS) is 12.6. The Morgan fingerprint density at radius 3 is 2.33 bits per heavy atom. The van der Waals surface area contributed by atoms with E-state index >= 15 is 0 Å². The van der Waals surface area contributed by atoms with Gasteiger partial charge < -0.3 is 0 Å². The third kappa shape index (κ3) is 11.1. The smallest absolute Gasteiger partial charge is 0.0196 e. The summed E-state index contributed by atoms with van der Waals surface area (Å²) < 4.78 is 0. The third-order valence-corrected chi connectivity index (χ3v) is 2.24. The van der Waals surface area contributed by atoms with Crippen LogP contribution in [0.25, 0.3) is 0 Å². The second kappa shape index (κ2) is 13.2. The van der Waals surface area contributed by atoms with E-state index in [1.807, 2.05) is 32.9 Å². The van der Waals surface area contributed by atoms with Crippen molar-refractivity contribution in [2.24, 2.45) is 5.92 Å². The minimum Gasteiger partial charge on any atom is -0.0956 e. The maximum absolute atomic E-state index is 4.06. The summed E-state index contributed by atoms with van der Waals surface area (Å²) in [4.78, 5) is 0. The molecule has 0 bridgehead atoms. The van der Waals surface area contributed by atoms with E-state index < -0.39 is 0 Å². The second-order valence-electron chi connectivity index (χ2n) is 3.50. The van der Waals surface area contributed by atoms with Crippen molar-refractivity contribution in [2.75, 3.05) is 0 Å². The van der Waals surface area contributed by atoms with Gasteiger partial charge in [0.1, 0.15) is 0 Å². The Balaban J connectivity index is 0. The molecule has 0 fully saturated rings. The second-order valence-corrected chi connectivity index (χ2v) is 3.50. The molecule has 88 valence electrons. The molecule has 0 saturated heterocycles. The van der Waals surface area contributed by atoms with Gasteiger partial charge >= 0.3 is 0 Å². The van der Waals surface area contributed by atoms with Crippen LogP contribution in [0.2, 0.25) is 0 Å². The zero-order valence-corrected chi connectivity index (χ0v) is 11.2. The quantitative estimate of drug-likeness (QED) is 0.504. The third-order valence-electron chi connectivity index (χ3n) is 2.24. The summed E-state index contributed by atoms with van der Waals surface area (Å²) in [6.07, 6.45) is 12.1. The predicted octanol–water partition coefficient (Wildman–Crippen LogP) is 5.53. The fraction of sp³-hybridized carbons (Fsp3) is 0.600. The van der Waals surface area contributed by atoms with Crippen molar-refractivity contribution < 1.29 is 0 Å². The van der Waals surface area contributed by atoms with E-state index in [2.05, 4.69) is 32.6 Å². The Morgan fingerprint density at radius 2 is 1.87 bits per heavy atom. The molecule has 0 saturated carbocycles. The zero-order valence-electron chi connectivity index (χ0n) is 11.2. The van der Waals surface area contributed by atoms with E-state index in [9.17, 15) is 0 Å². The predicted molar refractivity (Wildman–Crippen MR) is 73.1 cm³/mol. The fourth-order valence-corrected chi connectivity index (χ4v) is 1.15. The van der Waals surface area contributed by atoms with Crippen LogP contribution in [0, 0.1) is 5.92 Å². The summed E-state index contributed by atoms with van der Waals surface area (Å²) in [5.74, 6) is 0.626. The first-order chi connectivity index (χ1) is 7.22. The summed E-state index contributed by atoms with van der Waals surface area (Å²) >= 11 is 0. The topological polar surface area (TPSA) is 0 Å². The molecule has 0 aliphatic carbocycles. The first kappa shape index (κ1) is 16.6. The van der Waals surface area contributed by atoms with Gasteiger partial charge in [-0.25, -0.2) is 0 Å². The highest BCUT2D eigenvalue weighted by molar-refractivity contribution is 5.20.